The van der Waals surface area contributed by atoms with Crippen LogP contribution in [0.3, 0.4) is 0 Å². The molecule has 0 spiro atoms. The number of nitrogens with zero attached hydrogens (tertiary/aromatic N) is 2. The van der Waals surface area contributed by atoms with Crippen LogP contribution >= 0.6 is 11.6 Å². The first kappa shape index (κ1) is 20.0. The van der Waals surface area contributed by atoms with Crippen LogP contribution < -0.4 is 5.56 Å². The Balaban J connectivity index is 2.05. The zero-order chi connectivity index (χ0) is 21.6. The van der Waals surface area contributed by atoms with E-state index < -0.39 is 5.97 Å². The van der Waals surface area contributed by atoms with E-state index in [-0.39, 0.29) is 17.2 Å². The Morgan fingerprint density at radius 3 is 2.30 bits per heavy atom. The fraction of sp³-hybridized carbons (Fsp3) is 0.167. The quantitative estimate of drug-likeness (QED) is 0.497. The van der Waals surface area contributed by atoms with E-state index in [1.807, 2.05) is 62.4 Å². The van der Waals surface area contributed by atoms with Crippen molar-refractivity contribution in [2.24, 2.45) is 7.05 Å². The molecule has 2 heterocycles. The molecular weight excluding hydrogens is 400 g/mol. The molecule has 1 atom stereocenters. The summed E-state index contributed by atoms with van der Waals surface area (Å²) in [5, 5.41) is 11.2. The summed E-state index contributed by atoms with van der Waals surface area (Å²) in [6, 6.07) is 16.6. The van der Waals surface area contributed by atoms with Crippen LogP contribution in [0, 0.1) is 6.92 Å². The Labute approximate surface area is 178 Å². The zero-order valence-corrected chi connectivity index (χ0v) is 17.6. The normalized spacial score (nSPS) is 12.3. The van der Waals surface area contributed by atoms with Crippen LogP contribution in [-0.4, -0.2) is 20.2 Å². The number of rotatable bonds is 4. The van der Waals surface area contributed by atoms with Crippen LogP contribution in [0.1, 0.15) is 40.0 Å². The summed E-state index contributed by atoms with van der Waals surface area (Å²) in [7, 11) is 1.69. The SMILES string of the molecule is Cc1ccc(-n2c(C(=O)O)cc3c(C(C)c4ccc(Cl)cc4)cn(C)c(=O)c32)cc1. The summed E-state index contributed by atoms with van der Waals surface area (Å²) in [6.45, 7) is 3.99. The molecule has 5 nitrogen and oxygen atoms in total. The number of hydrogen-bond acceptors (Lipinski definition) is 2. The lowest BCUT2D eigenvalue weighted by Crippen LogP contribution is -2.21. The van der Waals surface area contributed by atoms with Crippen LogP contribution in [0.5, 0.6) is 0 Å². The van der Waals surface area contributed by atoms with E-state index >= 15 is 0 Å². The number of hydrogen-bond donors (Lipinski definition) is 1. The van der Waals surface area contributed by atoms with E-state index in [1.54, 1.807) is 19.3 Å². The van der Waals surface area contributed by atoms with Gasteiger partial charge >= 0.3 is 5.97 Å². The molecule has 0 saturated carbocycles. The van der Waals surface area contributed by atoms with Gasteiger partial charge in [-0.25, -0.2) is 4.79 Å². The third-order valence-corrected chi connectivity index (χ3v) is 5.77. The highest BCUT2D eigenvalue weighted by Gasteiger charge is 2.23. The predicted octanol–water partition coefficient (Wildman–Crippen LogP) is 5.14. The van der Waals surface area contributed by atoms with Gasteiger partial charge in [0.1, 0.15) is 11.2 Å². The van der Waals surface area contributed by atoms with Crippen LogP contribution in [0.2, 0.25) is 5.02 Å². The molecule has 0 saturated heterocycles. The third-order valence-electron chi connectivity index (χ3n) is 5.52. The first-order valence-corrected chi connectivity index (χ1v) is 9.96. The number of aromatic nitrogens is 2. The summed E-state index contributed by atoms with van der Waals surface area (Å²) < 4.78 is 3.05. The molecule has 0 aliphatic heterocycles. The number of aryl methyl sites for hydroxylation is 2. The van der Waals surface area contributed by atoms with Crippen molar-refractivity contribution in [1.29, 1.82) is 0 Å². The Morgan fingerprint density at radius 1 is 1.07 bits per heavy atom. The van der Waals surface area contributed by atoms with Gasteiger partial charge in [0.25, 0.3) is 5.56 Å². The van der Waals surface area contributed by atoms with Crippen molar-refractivity contribution >= 4 is 28.5 Å². The highest BCUT2D eigenvalue weighted by molar-refractivity contribution is 6.30. The number of fused-ring (bicyclic) bond motifs is 1. The summed E-state index contributed by atoms with van der Waals surface area (Å²) in [5.74, 6) is -1.15. The van der Waals surface area contributed by atoms with Gasteiger partial charge in [-0.2, -0.15) is 0 Å². The van der Waals surface area contributed by atoms with Gasteiger partial charge in [-0.3, -0.25) is 9.36 Å². The molecule has 30 heavy (non-hydrogen) atoms. The third kappa shape index (κ3) is 3.31. The second-order valence-corrected chi connectivity index (χ2v) is 7.98. The highest BCUT2D eigenvalue weighted by Crippen LogP contribution is 2.33. The van der Waals surface area contributed by atoms with Gasteiger partial charge in [0.15, 0.2) is 0 Å². The highest BCUT2D eigenvalue weighted by atomic mass is 35.5. The van der Waals surface area contributed by atoms with Gasteiger partial charge in [0.05, 0.1) is 0 Å². The van der Waals surface area contributed by atoms with Crippen molar-refractivity contribution in [3.63, 3.8) is 0 Å². The molecular formula is C24H21ClN2O3. The van der Waals surface area contributed by atoms with Crippen LogP contribution in [0.15, 0.2) is 65.6 Å². The van der Waals surface area contributed by atoms with Crippen molar-refractivity contribution in [3.8, 4) is 5.69 Å². The molecule has 6 heteroatoms. The fourth-order valence-electron chi connectivity index (χ4n) is 3.84. The minimum atomic E-state index is -1.08. The van der Waals surface area contributed by atoms with E-state index in [9.17, 15) is 14.7 Å². The first-order chi connectivity index (χ1) is 14.3. The molecule has 4 aromatic rings. The molecule has 152 valence electrons. The van der Waals surface area contributed by atoms with Crippen molar-refractivity contribution in [1.82, 2.24) is 9.13 Å². The molecule has 0 radical (unpaired) electrons. The minimum Gasteiger partial charge on any atom is -0.477 e. The average Bonchev–Trinajstić information content (AvgIpc) is 3.12. The van der Waals surface area contributed by atoms with Crippen molar-refractivity contribution in [2.75, 3.05) is 0 Å². The Hall–Kier alpha value is -3.31. The van der Waals surface area contributed by atoms with Gasteiger partial charge in [-0.15, -0.1) is 0 Å². The van der Waals surface area contributed by atoms with Crippen LogP contribution in [0.25, 0.3) is 16.6 Å². The smallest absolute Gasteiger partial charge is 0.352 e. The van der Waals surface area contributed by atoms with Gasteiger partial charge in [0, 0.05) is 35.3 Å². The summed E-state index contributed by atoms with van der Waals surface area (Å²) in [4.78, 5) is 25.2. The van der Waals surface area contributed by atoms with Crippen LogP contribution in [0.4, 0.5) is 0 Å². The number of aromatic carboxylic acids is 1. The Kier molecular flexibility index (Phi) is 5.00. The Bertz CT molecular complexity index is 1320. The molecule has 0 bridgehead atoms. The molecule has 4 rings (SSSR count). The van der Waals surface area contributed by atoms with E-state index in [1.165, 1.54) is 9.13 Å². The predicted molar refractivity (Wildman–Crippen MR) is 119 cm³/mol. The molecule has 2 aromatic carbocycles. The molecule has 2 aromatic heterocycles. The van der Waals surface area contributed by atoms with Crippen molar-refractivity contribution < 1.29 is 9.90 Å². The molecule has 0 amide bonds. The number of carbonyl (C=O) groups is 1. The van der Waals surface area contributed by atoms with Gasteiger partial charge in [-0.1, -0.05) is 48.4 Å². The van der Waals surface area contributed by atoms with E-state index in [0.29, 0.717) is 21.6 Å². The lowest BCUT2D eigenvalue weighted by molar-refractivity contribution is 0.0688. The number of benzene rings is 2. The maximum Gasteiger partial charge on any atom is 0.352 e. The summed E-state index contributed by atoms with van der Waals surface area (Å²) >= 11 is 6.03. The summed E-state index contributed by atoms with van der Waals surface area (Å²) in [5.41, 5.74) is 3.77. The molecule has 1 unspecified atom stereocenters. The monoisotopic (exact) mass is 420 g/mol. The standard InChI is InChI=1S/C24H21ClN2O3/c1-14-4-10-18(11-5-14)27-21(24(29)30)12-19-20(13-26(3)23(28)22(19)27)15(2)16-6-8-17(25)9-7-16/h4-13,15H,1-3H3,(H,29,30). The number of carboxylic acids is 1. The van der Waals surface area contributed by atoms with Gasteiger partial charge in [-0.05, 0) is 48.4 Å². The number of carboxylic acid groups (broad SMARTS) is 1. The van der Waals surface area contributed by atoms with Crippen LogP contribution in [-0.2, 0) is 7.05 Å². The largest absolute Gasteiger partial charge is 0.477 e. The second kappa shape index (κ2) is 7.50. The average molecular weight is 421 g/mol. The molecule has 0 aliphatic carbocycles. The maximum atomic E-state index is 13.1. The Morgan fingerprint density at radius 2 is 1.70 bits per heavy atom. The zero-order valence-electron chi connectivity index (χ0n) is 16.9. The molecule has 0 aliphatic rings. The van der Waals surface area contributed by atoms with Gasteiger partial charge < -0.3 is 9.67 Å². The fourth-order valence-corrected chi connectivity index (χ4v) is 3.97. The maximum absolute atomic E-state index is 13.1. The number of pyridine rings is 1. The second-order valence-electron chi connectivity index (χ2n) is 7.54. The number of halogens is 1. The van der Waals surface area contributed by atoms with E-state index in [4.69, 9.17) is 11.6 Å². The topological polar surface area (TPSA) is 64.2 Å². The lowest BCUT2D eigenvalue weighted by Gasteiger charge is -2.16. The molecule has 1 N–H and O–H groups in total. The lowest BCUT2D eigenvalue weighted by atomic mass is 9.92. The van der Waals surface area contributed by atoms with E-state index in [0.717, 1.165) is 16.7 Å². The van der Waals surface area contributed by atoms with E-state index in [2.05, 4.69) is 0 Å². The van der Waals surface area contributed by atoms with Gasteiger partial charge in [0.2, 0.25) is 0 Å². The van der Waals surface area contributed by atoms with Crippen molar-refractivity contribution in [3.05, 3.63) is 98.6 Å². The first-order valence-electron chi connectivity index (χ1n) is 9.58. The van der Waals surface area contributed by atoms with Crippen molar-refractivity contribution in [2.45, 2.75) is 19.8 Å². The minimum absolute atomic E-state index is 0.0571. The molecule has 0 fully saturated rings. The summed E-state index contributed by atoms with van der Waals surface area (Å²) in [6.07, 6.45) is 1.79.